The smallest absolute Gasteiger partial charge is 0.153 e. The summed E-state index contributed by atoms with van der Waals surface area (Å²) in [5, 5.41) is 4.54. The molecule has 0 aliphatic rings. The lowest BCUT2D eigenvalue weighted by Gasteiger charge is -2.03. The van der Waals surface area contributed by atoms with Crippen LogP contribution in [0.2, 0.25) is 0 Å². The molecule has 0 radical (unpaired) electrons. The summed E-state index contributed by atoms with van der Waals surface area (Å²) in [6.45, 7) is 0. The summed E-state index contributed by atoms with van der Waals surface area (Å²) >= 11 is 0. The SMILES string of the molecule is COc1ccc(-c2nn(-c3ccc(OC)cc3)cc2C=O)cc1. The Balaban J connectivity index is 2.00. The Hall–Kier alpha value is -3.08. The van der Waals surface area contributed by atoms with Gasteiger partial charge >= 0.3 is 0 Å². The summed E-state index contributed by atoms with van der Waals surface area (Å²) < 4.78 is 12.0. The van der Waals surface area contributed by atoms with E-state index in [-0.39, 0.29) is 0 Å². The summed E-state index contributed by atoms with van der Waals surface area (Å²) in [5.74, 6) is 1.53. The minimum Gasteiger partial charge on any atom is -0.497 e. The highest BCUT2D eigenvalue weighted by molar-refractivity contribution is 5.85. The number of hydrogen-bond acceptors (Lipinski definition) is 4. The van der Waals surface area contributed by atoms with E-state index >= 15 is 0 Å². The third-order valence-electron chi connectivity index (χ3n) is 3.57. The molecule has 3 aromatic rings. The molecule has 2 aromatic carbocycles. The van der Waals surface area contributed by atoms with Gasteiger partial charge in [-0.25, -0.2) is 4.68 Å². The largest absolute Gasteiger partial charge is 0.497 e. The molecule has 0 amide bonds. The second-order valence-electron chi connectivity index (χ2n) is 4.92. The fraction of sp³-hybridized carbons (Fsp3) is 0.111. The van der Waals surface area contributed by atoms with E-state index in [1.165, 1.54) is 0 Å². The van der Waals surface area contributed by atoms with Gasteiger partial charge in [0, 0.05) is 11.8 Å². The fourth-order valence-electron chi connectivity index (χ4n) is 2.31. The zero-order valence-electron chi connectivity index (χ0n) is 12.9. The van der Waals surface area contributed by atoms with E-state index < -0.39 is 0 Å². The lowest BCUT2D eigenvalue weighted by Crippen LogP contribution is -1.95. The van der Waals surface area contributed by atoms with Crippen LogP contribution in [0.5, 0.6) is 11.5 Å². The minimum atomic E-state index is 0.533. The molecule has 0 fully saturated rings. The Kier molecular flexibility index (Phi) is 4.10. The number of aldehydes is 1. The van der Waals surface area contributed by atoms with Crippen LogP contribution in [-0.4, -0.2) is 30.3 Å². The molecule has 116 valence electrons. The van der Waals surface area contributed by atoms with Crippen LogP contribution in [0, 0.1) is 0 Å². The van der Waals surface area contributed by atoms with Crippen LogP contribution in [0.3, 0.4) is 0 Å². The Labute approximate surface area is 134 Å². The number of benzene rings is 2. The molecule has 0 unspecified atom stereocenters. The highest BCUT2D eigenvalue weighted by Crippen LogP contribution is 2.25. The van der Waals surface area contributed by atoms with Crippen molar-refractivity contribution >= 4 is 6.29 Å². The lowest BCUT2D eigenvalue weighted by molar-refractivity contribution is 0.112. The van der Waals surface area contributed by atoms with Gasteiger partial charge in [-0.2, -0.15) is 5.10 Å². The summed E-state index contributed by atoms with van der Waals surface area (Å²) in [4.78, 5) is 11.4. The number of aromatic nitrogens is 2. The fourth-order valence-corrected chi connectivity index (χ4v) is 2.31. The summed E-state index contributed by atoms with van der Waals surface area (Å²) in [7, 11) is 3.24. The van der Waals surface area contributed by atoms with Crippen molar-refractivity contribution in [2.24, 2.45) is 0 Å². The summed E-state index contributed by atoms with van der Waals surface area (Å²) in [6, 6.07) is 14.9. The van der Waals surface area contributed by atoms with Crippen molar-refractivity contribution in [2.75, 3.05) is 14.2 Å². The first-order valence-corrected chi connectivity index (χ1v) is 7.09. The van der Waals surface area contributed by atoms with Crippen molar-refractivity contribution in [3.05, 3.63) is 60.3 Å². The topological polar surface area (TPSA) is 53.4 Å². The molecular formula is C18H16N2O3. The molecule has 0 saturated heterocycles. The minimum absolute atomic E-state index is 0.533. The molecule has 0 aliphatic heterocycles. The van der Waals surface area contributed by atoms with Crippen molar-refractivity contribution in [2.45, 2.75) is 0 Å². The first kappa shape index (κ1) is 14.8. The zero-order chi connectivity index (χ0) is 16.2. The van der Waals surface area contributed by atoms with E-state index in [2.05, 4.69) is 5.10 Å². The first-order chi connectivity index (χ1) is 11.2. The van der Waals surface area contributed by atoms with E-state index in [1.807, 2.05) is 48.5 Å². The van der Waals surface area contributed by atoms with Crippen LogP contribution in [0.1, 0.15) is 10.4 Å². The molecule has 1 heterocycles. The van der Waals surface area contributed by atoms with Crippen molar-refractivity contribution in [1.82, 2.24) is 9.78 Å². The van der Waals surface area contributed by atoms with Gasteiger partial charge in [-0.05, 0) is 48.5 Å². The number of methoxy groups -OCH3 is 2. The molecule has 0 aliphatic carbocycles. The molecule has 0 atom stereocenters. The predicted molar refractivity (Wildman–Crippen MR) is 87.5 cm³/mol. The van der Waals surface area contributed by atoms with E-state index in [0.29, 0.717) is 11.3 Å². The Morgan fingerprint density at radius 1 is 0.913 bits per heavy atom. The molecule has 5 nitrogen and oxygen atoms in total. The van der Waals surface area contributed by atoms with Crippen LogP contribution in [0.4, 0.5) is 0 Å². The van der Waals surface area contributed by atoms with Crippen LogP contribution in [0.25, 0.3) is 16.9 Å². The lowest BCUT2D eigenvalue weighted by atomic mass is 10.1. The maximum Gasteiger partial charge on any atom is 0.153 e. The Morgan fingerprint density at radius 2 is 1.48 bits per heavy atom. The molecule has 1 aromatic heterocycles. The van der Waals surface area contributed by atoms with Gasteiger partial charge in [-0.15, -0.1) is 0 Å². The summed E-state index contributed by atoms with van der Waals surface area (Å²) in [6.07, 6.45) is 2.53. The quantitative estimate of drug-likeness (QED) is 0.678. The number of carbonyl (C=O) groups is 1. The average Bonchev–Trinajstić information content (AvgIpc) is 3.06. The predicted octanol–water partition coefficient (Wildman–Crippen LogP) is 3.37. The number of ether oxygens (including phenoxy) is 2. The monoisotopic (exact) mass is 308 g/mol. The maximum absolute atomic E-state index is 11.4. The van der Waals surface area contributed by atoms with Crippen LogP contribution in [-0.2, 0) is 0 Å². The van der Waals surface area contributed by atoms with Gasteiger partial charge in [-0.1, -0.05) is 0 Å². The van der Waals surface area contributed by atoms with Gasteiger partial charge in [0.1, 0.15) is 17.2 Å². The molecule has 23 heavy (non-hydrogen) atoms. The third-order valence-corrected chi connectivity index (χ3v) is 3.57. The number of carbonyl (C=O) groups excluding carboxylic acids is 1. The molecule has 0 N–H and O–H groups in total. The molecular weight excluding hydrogens is 292 g/mol. The molecule has 0 spiro atoms. The second-order valence-corrected chi connectivity index (χ2v) is 4.92. The van der Waals surface area contributed by atoms with Crippen LogP contribution in [0.15, 0.2) is 54.7 Å². The Morgan fingerprint density at radius 3 is 2.00 bits per heavy atom. The van der Waals surface area contributed by atoms with Gasteiger partial charge in [0.2, 0.25) is 0 Å². The number of nitrogens with zero attached hydrogens (tertiary/aromatic N) is 2. The van der Waals surface area contributed by atoms with Crippen LogP contribution >= 0.6 is 0 Å². The molecule has 5 heteroatoms. The van der Waals surface area contributed by atoms with Gasteiger partial charge in [0.25, 0.3) is 0 Å². The van der Waals surface area contributed by atoms with Crippen molar-refractivity contribution in [3.8, 4) is 28.4 Å². The number of hydrogen-bond donors (Lipinski definition) is 0. The van der Waals surface area contributed by atoms with Crippen molar-refractivity contribution < 1.29 is 14.3 Å². The highest BCUT2D eigenvalue weighted by atomic mass is 16.5. The summed E-state index contributed by atoms with van der Waals surface area (Å²) in [5.41, 5.74) is 2.89. The van der Waals surface area contributed by atoms with Crippen molar-refractivity contribution in [3.63, 3.8) is 0 Å². The number of rotatable bonds is 5. The van der Waals surface area contributed by atoms with E-state index in [9.17, 15) is 4.79 Å². The maximum atomic E-state index is 11.4. The van der Waals surface area contributed by atoms with Crippen LogP contribution < -0.4 is 9.47 Å². The third kappa shape index (κ3) is 2.94. The van der Waals surface area contributed by atoms with E-state index in [4.69, 9.17) is 9.47 Å². The molecule has 0 saturated carbocycles. The van der Waals surface area contributed by atoms with Gasteiger partial charge in [-0.3, -0.25) is 4.79 Å². The Bertz CT molecular complexity index is 805. The van der Waals surface area contributed by atoms with Crippen molar-refractivity contribution in [1.29, 1.82) is 0 Å². The average molecular weight is 308 g/mol. The molecule has 0 bridgehead atoms. The van der Waals surface area contributed by atoms with Gasteiger partial charge in [0.15, 0.2) is 6.29 Å². The molecule has 3 rings (SSSR count). The standard InChI is InChI=1S/C18H16N2O3/c1-22-16-7-3-13(4-8-16)18-14(12-21)11-20(19-18)15-5-9-17(23-2)10-6-15/h3-12H,1-2H3. The second kappa shape index (κ2) is 6.36. The zero-order valence-corrected chi connectivity index (χ0v) is 12.9. The first-order valence-electron chi connectivity index (χ1n) is 7.09. The normalized spacial score (nSPS) is 10.3. The van der Waals surface area contributed by atoms with Gasteiger partial charge < -0.3 is 9.47 Å². The van der Waals surface area contributed by atoms with E-state index in [0.717, 1.165) is 29.0 Å². The van der Waals surface area contributed by atoms with Gasteiger partial charge in [0.05, 0.1) is 25.5 Å². The highest BCUT2D eigenvalue weighted by Gasteiger charge is 2.12. The van der Waals surface area contributed by atoms with E-state index in [1.54, 1.807) is 25.1 Å².